The van der Waals surface area contributed by atoms with Gasteiger partial charge in [-0.25, -0.2) is 0 Å². The van der Waals surface area contributed by atoms with Crippen molar-refractivity contribution in [2.75, 3.05) is 19.5 Å². The van der Waals surface area contributed by atoms with Gasteiger partial charge in [0.15, 0.2) is 5.78 Å². The summed E-state index contributed by atoms with van der Waals surface area (Å²) < 4.78 is 10.4. The first kappa shape index (κ1) is 17.3. The molecule has 5 nitrogen and oxygen atoms in total. The van der Waals surface area contributed by atoms with E-state index in [1.807, 2.05) is 0 Å². The number of para-hydroxylation sites is 1. The Labute approximate surface area is 140 Å². The van der Waals surface area contributed by atoms with Crippen molar-refractivity contribution in [2.45, 2.75) is 6.92 Å². The molecule has 0 aliphatic rings. The van der Waals surface area contributed by atoms with Crippen molar-refractivity contribution in [3.8, 4) is 11.5 Å². The number of hydrogen-bond donors (Lipinski definition) is 1. The molecule has 0 atom stereocenters. The molecule has 0 unspecified atom stereocenters. The maximum atomic E-state index is 12.1. The van der Waals surface area contributed by atoms with Crippen LogP contribution >= 0.6 is 0 Å². The first-order valence-corrected chi connectivity index (χ1v) is 7.35. The first-order valence-electron chi connectivity index (χ1n) is 7.35. The average molecular weight is 325 g/mol. The summed E-state index contributed by atoms with van der Waals surface area (Å²) in [5, 5.41) is 2.71. The van der Waals surface area contributed by atoms with Gasteiger partial charge in [0.25, 0.3) is 0 Å². The van der Waals surface area contributed by atoms with Crippen LogP contribution in [0.1, 0.15) is 22.8 Å². The maximum Gasteiger partial charge on any atom is 0.248 e. The molecule has 0 aliphatic heterocycles. The zero-order valence-corrected chi connectivity index (χ0v) is 13.8. The summed E-state index contributed by atoms with van der Waals surface area (Å²) in [6.45, 7) is 1.46. The van der Waals surface area contributed by atoms with Crippen LogP contribution in [0.5, 0.6) is 11.5 Å². The number of carbonyl (C=O) groups is 2. The fraction of sp³-hybridized carbons (Fsp3) is 0.158. The summed E-state index contributed by atoms with van der Waals surface area (Å²) in [5.41, 5.74) is 1.73. The van der Waals surface area contributed by atoms with Crippen LogP contribution in [0.2, 0.25) is 0 Å². The van der Waals surface area contributed by atoms with Crippen molar-refractivity contribution >= 4 is 23.5 Å². The number of methoxy groups -OCH3 is 2. The lowest BCUT2D eigenvalue weighted by Crippen LogP contribution is -2.11. The Bertz CT molecular complexity index is 758. The van der Waals surface area contributed by atoms with Gasteiger partial charge in [0.05, 0.1) is 19.9 Å². The van der Waals surface area contributed by atoms with E-state index >= 15 is 0 Å². The second kappa shape index (κ2) is 7.97. The summed E-state index contributed by atoms with van der Waals surface area (Å²) in [5.74, 6) is 0.838. The molecule has 1 amide bonds. The van der Waals surface area contributed by atoms with E-state index in [1.165, 1.54) is 13.0 Å². The molecule has 1 N–H and O–H groups in total. The Morgan fingerprint density at radius 1 is 1.00 bits per heavy atom. The van der Waals surface area contributed by atoms with Crippen molar-refractivity contribution in [3.63, 3.8) is 0 Å². The standard InChI is InChI=1S/C19H19NO4/c1-13(21)17-6-4-5-7-18(17)20-19(22)9-8-14-10-15(23-2)12-16(11-14)24-3/h4-12H,1-3H3,(H,20,22)/b9-8+. The highest BCUT2D eigenvalue weighted by Gasteiger charge is 2.08. The molecule has 5 heteroatoms. The van der Waals surface area contributed by atoms with E-state index < -0.39 is 0 Å². The zero-order valence-electron chi connectivity index (χ0n) is 13.8. The van der Waals surface area contributed by atoms with Crippen LogP contribution in [0.3, 0.4) is 0 Å². The lowest BCUT2D eigenvalue weighted by Gasteiger charge is -2.07. The Morgan fingerprint density at radius 3 is 2.21 bits per heavy atom. The molecule has 0 aliphatic carbocycles. The summed E-state index contributed by atoms with van der Waals surface area (Å²) in [7, 11) is 3.13. The third kappa shape index (κ3) is 4.46. The highest BCUT2D eigenvalue weighted by molar-refractivity contribution is 6.07. The predicted octanol–water partition coefficient (Wildman–Crippen LogP) is 3.56. The van der Waals surface area contributed by atoms with Gasteiger partial charge in [0, 0.05) is 17.7 Å². The smallest absolute Gasteiger partial charge is 0.248 e. The number of amides is 1. The highest BCUT2D eigenvalue weighted by Crippen LogP contribution is 2.23. The minimum Gasteiger partial charge on any atom is -0.497 e. The van der Waals surface area contributed by atoms with Crippen LogP contribution in [0, 0.1) is 0 Å². The van der Waals surface area contributed by atoms with Gasteiger partial charge in [-0.3, -0.25) is 9.59 Å². The van der Waals surface area contributed by atoms with E-state index in [0.29, 0.717) is 22.7 Å². The van der Waals surface area contributed by atoms with Crippen LogP contribution in [-0.2, 0) is 4.79 Å². The minimum atomic E-state index is -0.328. The Balaban J connectivity index is 2.15. The third-order valence-corrected chi connectivity index (χ3v) is 3.37. The Hall–Kier alpha value is -3.08. The second-order valence-electron chi connectivity index (χ2n) is 5.07. The molecular weight excluding hydrogens is 306 g/mol. The van der Waals surface area contributed by atoms with Crippen LogP contribution < -0.4 is 14.8 Å². The van der Waals surface area contributed by atoms with E-state index in [4.69, 9.17) is 9.47 Å². The molecule has 0 spiro atoms. The summed E-state index contributed by atoms with van der Waals surface area (Å²) in [6, 6.07) is 12.2. The summed E-state index contributed by atoms with van der Waals surface area (Å²) in [4.78, 5) is 23.7. The summed E-state index contributed by atoms with van der Waals surface area (Å²) in [6.07, 6.45) is 3.04. The van der Waals surface area contributed by atoms with Gasteiger partial charge < -0.3 is 14.8 Å². The lowest BCUT2D eigenvalue weighted by molar-refractivity contribution is -0.111. The highest BCUT2D eigenvalue weighted by atomic mass is 16.5. The van der Waals surface area contributed by atoms with Crippen LogP contribution in [0.25, 0.3) is 6.08 Å². The predicted molar refractivity (Wildman–Crippen MR) is 93.7 cm³/mol. The molecule has 0 fully saturated rings. The number of carbonyl (C=O) groups excluding carboxylic acids is 2. The molecule has 0 saturated carbocycles. The number of rotatable bonds is 6. The second-order valence-corrected chi connectivity index (χ2v) is 5.07. The molecule has 0 saturated heterocycles. The van der Waals surface area contributed by atoms with Gasteiger partial charge >= 0.3 is 0 Å². The van der Waals surface area contributed by atoms with Gasteiger partial charge in [-0.15, -0.1) is 0 Å². The van der Waals surface area contributed by atoms with Gasteiger partial charge in [0.1, 0.15) is 11.5 Å². The molecule has 0 bridgehead atoms. The minimum absolute atomic E-state index is 0.104. The molecule has 0 radical (unpaired) electrons. The normalized spacial score (nSPS) is 10.5. The number of Topliss-reactive ketones (excluding diaryl/α,β-unsaturated/α-hetero) is 1. The number of ether oxygens (including phenoxy) is 2. The topological polar surface area (TPSA) is 64.6 Å². The van der Waals surface area contributed by atoms with E-state index in [9.17, 15) is 9.59 Å². The first-order chi connectivity index (χ1) is 11.5. The molecule has 124 valence electrons. The fourth-order valence-electron chi connectivity index (χ4n) is 2.17. The van der Waals surface area contributed by atoms with Crippen molar-refractivity contribution in [1.29, 1.82) is 0 Å². The fourth-order valence-corrected chi connectivity index (χ4v) is 2.17. The molecule has 2 aromatic carbocycles. The number of hydrogen-bond acceptors (Lipinski definition) is 4. The van der Waals surface area contributed by atoms with Crippen LogP contribution in [-0.4, -0.2) is 25.9 Å². The van der Waals surface area contributed by atoms with E-state index in [1.54, 1.807) is 62.8 Å². The van der Waals surface area contributed by atoms with Gasteiger partial charge in [-0.05, 0) is 42.8 Å². The SMILES string of the molecule is COc1cc(/C=C/C(=O)Nc2ccccc2C(C)=O)cc(OC)c1. The van der Waals surface area contributed by atoms with Crippen molar-refractivity contribution < 1.29 is 19.1 Å². The monoisotopic (exact) mass is 325 g/mol. The average Bonchev–Trinajstić information content (AvgIpc) is 2.59. The summed E-state index contributed by atoms with van der Waals surface area (Å²) >= 11 is 0. The molecular formula is C19H19NO4. The molecule has 2 aromatic rings. The Morgan fingerprint density at radius 2 is 1.62 bits per heavy atom. The number of ketones is 1. The molecule has 0 heterocycles. The molecule has 2 rings (SSSR count). The zero-order chi connectivity index (χ0) is 17.5. The number of anilines is 1. The lowest BCUT2D eigenvalue weighted by atomic mass is 10.1. The molecule has 24 heavy (non-hydrogen) atoms. The largest absolute Gasteiger partial charge is 0.497 e. The third-order valence-electron chi connectivity index (χ3n) is 3.37. The van der Waals surface area contributed by atoms with Gasteiger partial charge in [-0.1, -0.05) is 12.1 Å². The van der Waals surface area contributed by atoms with E-state index in [2.05, 4.69) is 5.32 Å². The van der Waals surface area contributed by atoms with Crippen LogP contribution in [0.4, 0.5) is 5.69 Å². The number of benzene rings is 2. The van der Waals surface area contributed by atoms with Crippen molar-refractivity contribution in [3.05, 3.63) is 59.7 Å². The Kier molecular flexibility index (Phi) is 5.73. The van der Waals surface area contributed by atoms with E-state index in [-0.39, 0.29) is 11.7 Å². The van der Waals surface area contributed by atoms with Crippen molar-refractivity contribution in [2.24, 2.45) is 0 Å². The van der Waals surface area contributed by atoms with Gasteiger partial charge in [0.2, 0.25) is 5.91 Å². The van der Waals surface area contributed by atoms with E-state index in [0.717, 1.165) is 5.56 Å². The van der Waals surface area contributed by atoms with Crippen molar-refractivity contribution in [1.82, 2.24) is 0 Å². The maximum absolute atomic E-state index is 12.1. The number of nitrogens with one attached hydrogen (secondary N) is 1. The van der Waals surface area contributed by atoms with Crippen LogP contribution in [0.15, 0.2) is 48.5 Å². The molecule has 0 aromatic heterocycles. The quantitative estimate of drug-likeness (QED) is 0.651. The van der Waals surface area contributed by atoms with Gasteiger partial charge in [-0.2, -0.15) is 0 Å².